The molecule has 1 amide bonds. The molecule has 1 aliphatic rings. The third-order valence-electron chi connectivity index (χ3n) is 3.10. The van der Waals surface area contributed by atoms with Crippen LogP contribution < -0.4 is 0 Å². The van der Waals surface area contributed by atoms with Gasteiger partial charge in [0.25, 0.3) is 0 Å². The van der Waals surface area contributed by atoms with Crippen molar-refractivity contribution in [2.45, 2.75) is 12.8 Å². The van der Waals surface area contributed by atoms with Gasteiger partial charge in [-0.15, -0.1) is 0 Å². The predicted octanol–water partition coefficient (Wildman–Crippen LogP) is 3.06. The lowest BCUT2D eigenvalue weighted by Gasteiger charge is -2.19. The summed E-state index contributed by atoms with van der Waals surface area (Å²) >= 11 is 0. The van der Waals surface area contributed by atoms with Crippen molar-refractivity contribution in [2.24, 2.45) is 0 Å². The maximum Gasteiger partial charge on any atom is 0.417 e. The Kier molecular flexibility index (Phi) is 4.77. The third-order valence-corrected chi connectivity index (χ3v) is 3.10. The van der Waals surface area contributed by atoms with Crippen LogP contribution in [0.5, 0.6) is 0 Å². The van der Waals surface area contributed by atoms with Gasteiger partial charge in [0, 0.05) is 18.3 Å². The molecule has 0 bridgehead atoms. The second-order valence-corrected chi connectivity index (χ2v) is 4.43. The molecule has 0 radical (unpaired) electrons. The van der Waals surface area contributed by atoms with Crippen LogP contribution in [0.2, 0.25) is 0 Å². The number of ether oxygens (including phenoxy) is 2. The van der Waals surface area contributed by atoms with E-state index in [0.29, 0.717) is 12.2 Å². The highest BCUT2D eigenvalue weighted by Crippen LogP contribution is 2.23. The number of esters is 1. The van der Waals surface area contributed by atoms with Gasteiger partial charge in [-0.25, -0.2) is 9.59 Å². The highest BCUT2D eigenvalue weighted by atomic mass is 16.6. The Morgan fingerprint density at radius 3 is 2.29 bits per heavy atom. The molecule has 110 valence electrons. The van der Waals surface area contributed by atoms with Crippen molar-refractivity contribution in [3.05, 3.63) is 59.9 Å². The monoisotopic (exact) mass is 287 g/mol. The summed E-state index contributed by atoms with van der Waals surface area (Å²) in [6, 6.07) is 7.18. The second kappa shape index (κ2) is 6.74. The molecule has 0 atom stereocenters. The summed E-state index contributed by atoms with van der Waals surface area (Å²) in [4.78, 5) is 24.3. The van der Waals surface area contributed by atoms with Crippen LogP contribution in [0.15, 0.2) is 48.8 Å². The zero-order valence-electron chi connectivity index (χ0n) is 12.0. The zero-order valence-corrected chi connectivity index (χ0v) is 12.0. The van der Waals surface area contributed by atoms with E-state index in [1.54, 1.807) is 31.5 Å². The number of carbonyl (C=O) groups is 2. The van der Waals surface area contributed by atoms with E-state index >= 15 is 0 Å². The number of hydrogen-bond acceptors (Lipinski definition) is 4. The van der Waals surface area contributed by atoms with Crippen LogP contribution in [0.25, 0.3) is 0 Å². The number of allylic oxidation sites excluding steroid dienone is 2. The van der Waals surface area contributed by atoms with Gasteiger partial charge >= 0.3 is 12.1 Å². The fraction of sp³-hybridized carbons (Fsp3) is 0.250. The summed E-state index contributed by atoms with van der Waals surface area (Å²) in [5.74, 6) is -0.299. The van der Waals surface area contributed by atoms with Gasteiger partial charge in [-0.3, -0.25) is 4.90 Å². The van der Waals surface area contributed by atoms with Gasteiger partial charge in [0.05, 0.1) is 19.3 Å². The third kappa shape index (κ3) is 3.51. The van der Waals surface area contributed by atoms with Gasteiger partial charge in [0.1, 0.15) is 0 Å². The highest BCUT2D eigenvalue weighted by molar-refractivity contribution is 5.89. The van der Waals surface area contributed by atoms with Crippen LogP contribution in [-0.2, 0) is 9.47 Å². The van der Waals surface area contributed by atoms with E-state index in [0.717, 1.165) is 5.56 Å². The topological polar surface area (TPSA) is 55.8 Å². The summed E-state index contributed by atoms with van der Waals surface area (Å²) < 4.78 is 9.57. The number of nitrogens with zero attached hydrogens (tertiary/aromatic N) is 1. The van der Waals surface area contributed by atoms with Gasteiger partial charge < -0.3 is 9.47 Å². The van der Waals surface area contributed by atoms with Crippen molar-refractivity contribution in [3.63, 3.8) is 0 Å². The largest absolute Gasteiger partial charge is 0.465 e. The molecule has 1 heterocycles. The molecular formula is C16H17NO4. The Labute approximate surface area is 123 Å². The highest BCUT2D eigenvalue weighted by Gasteiger charge is 2.15. The van der Waals surface area contributed by atoms with Gasteiger partial charge in [-0.05, 0) is 24.6 Å². The molecule has 21 heavy (non-hydrogen) atoms. The molecule has 0 saturated heterocycles. The van der Waals surface area contributed by atoms with Crippen molar-refractivity contribution in [3.8, 4) is 0 Å². The fourth-order valence-electron chi connectivity index (χ4n) is 1.99. The Balaban J connectivity index is 2.05. The second-order valence-electron chi connectivity index (χ2n) is 4.43. The van der Waals surface area contributed by atoms with Crippen molar-refractivity contribution >= 4 is 12.1 Å². The van der Waals surface area contributed by atoms with Crippen LogP contribution in [0.4, 0.5) is 4.79 Å². The lowest BCUT2D eigenvalue weighted by atomic mass is 9.96. The molecule has 0 fully saturated rings. The molecule has 0 saturated carbocycles. The Hall–Kier alpha value is -2.56. The van der Waals surface area contributed by atoms with E-state index in [1.807, 2.05) is 24.3 Å². The quantitative estimate of drug-likeness (QED) is 0.802. The van der Waals surface area contributed by atoms with E-state index < -0.39 is 6.09 Å². The number of hydrogen-bond donors (Lipinski definition) is 0. The number of methoxy groups -OCH3 is 1. The lowest BCUT2D eigenvalue weighted by molar-refractivity contribution is 0.0600. The maximum atomic E-state index is 11.5. The summed E-state index contributed by atoms with van der Waals surface area (Å²) in [5, 5.41) is 0. The number of rotatable bonds is 3. The molecule has 1 aromatic rings. The van der Waals surface area contributed by atoms with Crippen LogP contribution in [0.1, 0.15) is 28.8 Å². The lowest BCUT2D eigenvalue weighted by Crippen LogP contribution is -2.23. The molecule has 5 nitrogen and oxygen atoms in total. The molecule has 0 spiro atoms. The average Bonchev–Trinajstić information content (AvgIpc) is 2.54. The first-order valence-corrected chi connectivity index (χ1v) is 6.65. The van der Waals surface area contributed by atoms with Crippen LogP contribution in [0, 0.1) is 0 Å². The average molecular weight is 287 g/mol. The molecule has 0 aliphatic carbocycles. The normalized spacial score (nSPS) is 14.1. The predicted molar refractivity (Wildman–Crippen MR) is 77.7 cm³/mol. The molecule has 0 unspecified atom stereocenters. The summed E-state index contributed by atoms with van der Waals surface area (Å²) in [6.07, 6.45) is 6.74. The first-order valence-electron chi connectivity index (χ1n) is 6.65. The van der Waals surface area contributed by atoms with Gasteiger partial charge in [0.15, 0.2) is 0 Å². The van der Waals surface area contributed by atoms with Gasteiger partial charge in [0.2, 0.25) is 0 Å². The van der Waals surface area contributed by atoms with Gasteiger partial charge in [-0.1, -0.05) is 24.3 Å². The summed E-state index contributed by atoms with van der Waals surface area (Å²) in [5.41, 5.74) is 1.54. The standard InChI is InChI=1S/C16H17NO4/c1-3-21-16(19)17-10-8-13(9-11-17)12-4-6-14(7-5-12)15(18)20-2/h4-11,13H,3H2,1-2H3. The molecule has 1 aliphatic heterocycles. The minimum atomic E-state index is -0.399. The van der Waals surface area contributed by atoms with E-state index in [9.17, 15) is 9.59 Å². The molecule has 1 aromatic carbocycles. The minimum Gasteiger partial charge on any atom is -0.465 e. The van der Waals surface area contributed by atoms with E-state index in [-0.39, 0.29) is 11.9 Å². The van der Waals surface area contributed by atoms with Crippen LogP contribution in [-0.4, -0.2) is 30.7 Å². The van der Waals surface area contributed by atoms with Crippen LogP contribution >= 0.6 is 0 Å². The Bertz CT molecular complexity index is 560. The molecule has 2 rings (SSSR count). The van der Waals surface area contributed by atoms with E-state index in [2.05, 4.69) is 4.74 Å². The summed E-state index contributed by atoms with van der Waals surface area (Å²) in [6.45, 7) is 2.11. The smallest absolute Gasteiger partial charge is 0.417 e. The van der Waals surface area contributed by atoms with Gasteiger partial charge in [-0.2, -0.15) is 0 Å². The van der Waals surface area contributed by atoms with E-state index in [1.165, 1.54) is 12.0 Å². The number of carbonyl (C=O) groups excluding carboxylic acids is 2. The fourth-order valence-corrected chi connectivity index (χ4v) is 1.99. The zero-order chi connectivity index (χ0) is 15.2. The molecule has 5 heteroatoms. The first-order chi connectivity index (χ1) is 10.2. The van der Waals surface area contributed by atoms with Crippen molar-refractivity contribution < 1.29 is 19.1 Å². The Morgan fingerprint density at radius 1 is 1.14 bits per heavy atom. The van der Waals surface area contributed by atoms with Crippen molar-refractivity contribution in [1.82, 2.24) is 4.90 Å². The first kappa shape index (κ1) is 14.8. The number of amides is 1. The Morgan fingerprint density at radius 2 is 1.76 bits per heavy atom. The summed E-state index contributed by atoms with van der Waals surface area (Å²) in [7, 11) is 1.35. The maximum absolute atomic E-state index is 11.5. The molecule has 0 N–H and O–H groups in total. The van der Waals surface area contributed by atoms with E-state index in [4.69, 9.17) is 4.74 Å². The minimum absolute atomic E-state index is 0.0578. The SMILES string of the molecule is CCOC(=O)N1C=CC(c2ccc(C(=O)OC)cc2)C=C1. The van der Waals surface area contributed by atoms with Crippen LogP contribution in [0.3, 0.4) is 0 Å². The van der Waals surface area contributed by atoms with Crippen molar-refractivity contribution in [2.75, 3.05) is 13.7 Å². The van der Waals surface area contributed by atoms with Crippen molar-refractivity contribution in [1.29, 1.82) is 0 Å². The molecular weight excluding hydrogens is 270 g/mol. The molecule has 0 aromatic heterocycles. The number of benzene rings is 1.